The van der Waals surface area contributed by atoms with E-state index in [2.05, 4.69) is 0 Å². The molecule has 5 N–H and O–H groups in total. The summed E-state index contributed by atoms with van der Waals surface area (Å²) in [6.07, 6.45) is -4.70. The van der Waals surface area contributed by atoms with E-state index in [1.165, 1.54) is 6.26 Å². The van der Waals surface area contributed by atoms with Gasteiger partial charge in [-0.25, -0.2) is 0 Å². The van der Waals surface area contributed by atoms with Crippen molar-refractivity contribution < 1.29 is 44.5 Å². The molecule has 10 atom stereocenters. The molecule has 3 aliphatic heterocycles. The van der Waals surface area contributed by atoms with Crippen LogP contribution in [0.4, 0.5) is 0 Å². The van der Waals surface area contributed by atoms with E-state index in [9.17, 15) is 25.5 Å². The van der Waals surface area contributed by atoms with Gasteiger partial charge in [-0.05, 0) is 13.0 Å². The third-order valence-corrected chi connectivity index (χ3v) is 5.60. The number of ether oxygens (including phenoxy) is 4. The van der Waals surface area contributed by atoms with Gasteiger partial charge in [0.05, 0.1) is 24.9 Å². The summed E-state index contributed by atoms with van der Waals surface area (Å²) in [5.41, 5.74) is -1.74. The van der Waals surface area contributed by atoms with Gasteiger partial charge in [0.25, 0.3) is 0 Å². The summed E-state index contributed by atoms with van der Waals surface area (Å²) < 4.78 is 22.1. The Labute approximate surface area is 138 Å². The SMILES string of the molecule is C[C@]12O[C@H]1C[C@]1(O)C=CO[C@@H](O[C@H]3O[C@H](CO)[C@@H](O)[C@H](O)[C@H]3O)[C@H]21. The van der Waals surface area contributed by atoms with E-state index >= 15 is 0 Å². The molecule has 4 aliphatic rings. The highest BCUT2D eigenvalue weighted by Crippen LogP contribution is 2.61. The van der Waals surface area contributed by atoms with Crippen molar-refractivity contribution in [3.63, 3.8) is 0 Å². The maximum Gasteiger partial charge on any atom is 0.210 e. The first-order valence-corrected chi connectivity index (χ1v) is 7.99. The van der Waals surface area contributed by atoms with Crippen LogP contribution in [-0.4, -0.2) is 86.4 Å². The second-order valence-electron chi connectivity index (χ2n) is 7.10. The quantitative estimate of drug-likeness (QED) is 0.353. The van der Waals surface area contributed by atoms with Gasteiger partial charge in [0.15, 0.2) is 6.29 Å². The molecule has 0 bridgehead atoms. The fourth-order valence-corrected chi connectivity index (χ4v) is 4.12. The molecule has 1 saturated carbocycles. The molecule has 2 saturated heterocycles. The Morgan fingerprint density at radius 2 is 1.92 bits per heavy atom. The summed E-state index contributed by atoms with van der Waals surface area (Å²) in [5, 5.41) is 49.8. The van der Waals surface area contributed by atoms with Crippen LogP contribution in [0.5, 0.6) is 0 Å². The molecule has 0 aromatic carbocycles. The van der Waals surface area contributed by atoms with E-state index in [1.54, 1.807) is 6.08 Å². The van der Waals surface area contributed by atoms with Crippen molar-refractivity contribution >= 4 is 0 Å². The summed E-state index contributed by atoms with van der Waals surface area (Å²) >= 11 is 0. The zero-order valence-corrected chi connectivity index (χ0v) is 13.1. The monoisotopic (exact) mass is 346 g/mol. The number of epoxide rings is 1. The first-order chi connectivity index (χ1) is 11.3. The number of aliphatic hydroxyl groups excluding tert-OH is 4. The van der Waals surface area contributed by atoms with Gasteiger partial charge in [0.2, 0.25) is 6.29 Å². The van der Waals surface area contributed by atoms with E-state index in [0.717, 1.165) is 0 Å². The number of hydrogen-bond acceptors (Lipinski definition) is 9. The minimum atomic E-state index is -1.54. The maximum absolute atomic E-state index is 10.8. The van der Waals surface area contributed by atoms with Crippen LogP contribution >= 0.6 is 0 Å². The molecule has 3 heterocycles. The van der Waals surface area contributed by atoms with Gasteiger partial charge in [0.1, 0.15) is 35.6 Å². The molecule has 9 nitrogen and oxygen atoms in total. The van der Waals surface area contributed by atoms with Crippen molar-refractivity contribution in [2.45, 2.75) is 67.6 Å². The van der Waals surface area contributed by atoms with Gasteiger partial charge in [-0.15, -0.1) is 0 Å². The van der Waals surface area contributed by atoms with Gasteiger partial charge in [0, 0.05) is 6.42 Å². The van der Waals surface area contributed by atoms with Crippen molar-refractivity contribution in [3.8, 4) is 0 Å². The average Bonchev–Trinajstić information content (AvgIpc) is 3.10. The summed E-state index contributed by atoms with van der Waals surface area (Å²) in [6.45, 7) is 1.30. The molecule has 0 spiro atoms. The second kappa shape index (κ2) is 5.36. The lowest BCUT2D eigenvalue weighted by Gasteiger charge is -2.44. The van der Waals surface area contributed by atoms with Crippen LogP contribution in [0, 0.1) is 5.92 Å². The largest absolute Gasteiger partial charge is 0.472 e. The van der Waals surface area contributed by atoms with Crippen LogP contribution < -0.4 is 0 Å². The molecular formula is C15H22O9. The van der Waals surface area contributed by atoms with Crippen LogP contribution in [-0.2, 0) is 18.9 Å². The van der Waals surface area contributed by atoms with Gasteiger partial charge in [-0.1, -0.05) is 0 Å². The molecule has 136 valence electrons. The van der Waals surface area contributed by atoms with Gasteiger partial charge < -0.3 is 44.5 Å². The predicted molar refractivity (Wildman–Crippen MR) is 75.2 cm³/mol. The third kappa shape index (κ3) is 2.24. The Bertz CT molecular complexity index is 539. The van der Waals surface area contributed by atoms with E-state index in [0.29, 0.717) is 6.42 Å². The smallest absolute Gasteiger partial charge is 0.210 e. The molecule has 0 unspecified atom stereocenters. The first kappa shape index (κ1) is 16.7. The number of hydrogen-bond donors (Lipinski definition) is 5. The van der Waals surface area contributed by atoms with Crippen molar-refractivity contribution in [3.05, 3.63) is 12.3 Å². The maximum atomic E-state index is 10.8. The Morgan fingerprint density at radius 3 is 2.62 bits per heavy atom. The summed E-state index contributed by atoms with van der Waals surface area (Å²) in [4.78, 5) is 0. The Morgan fingerprint density at radius 1 is 1.17 bits per heavy atom. The Kier molecular flexibility index (Phi) is 3.72. The number of fused-ring (bicyclic) bond motifs is 3. The highest BCUT2D eigenvalue weighted by atomic mass is 16.8. The normalized spacial score (nSPS) is 58.8. The standard InChI is InChI=1S/C15H22O9/c1-14-7(24-14)4-15(20)2-3-21-13(11(14)15)23-12-10(19)9(18)8(17)6(5-16)22-12/h2-3,6-13,16-20H,4-5H2,1H3/t6-,7+,8-,9+,10-,11-,12-,13+,14+,15-/m1/s1. The second-order valence-corrected chi connectivity index (χ2v) is 7.10. The number of rotatable bonds is 3. The molecule has 0 aromatic rings. The van der Waals surface area contributed by atoms with E-state index < -0.39 is 60.7 Å². The fraction of sp³-hybridized carbons (Fsp3) is 0.867. The van der Waals surface area contributed by atoms with E-state index in [1.807, 2.05) is 6.92 Å². The van der Waals surface area contributed by atoms with Crippen LogP contribution in [0.3, 0.4) is 0 Å². The van der Waals surface area contributed by atoms with E-state index in [4.69, 9.17) is 18.9 Å². The molecule has 0 radical (unpaired) electrons. The zero-order valence-electron chi connectivity index (χ0n) is 13.1. The minimum absolute atomic E-state index is 0.0975. The molecule has 0 amide bonds. The van der Waals surface area contributed by atoms with Crippen LogP contribution in [0.2, 0.25) is 0 Å². The van der Waals surface area contributed by atoms with Crippen LogP contribution in [0.1, 0.15) is 13.3 Å². The molecular weight excluding hydrogens is 324 g/mol. The zero-order chi connectivity index (χ0) is 17.3. The third-order valence-electron chi connectivity index (χ3n) is 5.60. The van der Waals surface area contributed by atoms with Crippen LogP contribution in [0.25, 0.3) is 0 Å². The van der Waals surface area contributed by atoms with Gasteiger partial charge in [-0.3, -0.25) is 0 Å². The van der Waals surface area contributed by atoms with Crippen molar-refractivity contribution in [2.24, 2.45) is 5.92 Å². The minimum Gasteiger partial charge on any atom is -0.472 e. The topological polar surface area (TPSA) is 141 Å². The molecule has 9 heteroatoms. The van der Waals surface area contributed by atoms with Crippen LogP contribution in [0.15, 0.2) is 12.3 Å². The molecule has 4 rings (SSSR count). The molecule has 1 aliphatic carbocycles. The van der Waals surface area contributed by atoms with Gasteiger partial charge in [-0.2, -0.15) is 0 Å². The highest BCUT2D eigenvalue weighted by Gasteiger charge is 2.74. The lowest BCUT2D eigenvalue weighted by molar-refractivity contribution is -0.348. The Hall–Kier alpha value is -0.780. The van der Waals surface area contributed by atoms with Crippen molar-refractivity contribution in [1.82, 2.24) is 0 Å². The fourth-order valence-electron chi connectivity index (χ4n) is 4.12. The van der Waals surface area contributed by atoms with Gasteiger partial charge >= 0.3 is 0 Å². The lowest BCUT2D eigenvalue weighted by Crippen LogP contribution is -2.61. The van der Waals surface area contributed by atoms with Crippen molar-refractivity contribution in [1.29, 1.82) is 0 Å². The summed E-state index contributed by atoms with van der Waals surface area (Å²) in [7, 11) is 0. The van der Waals surface area contributed by atoms with E-state index in [-0.39, 0.29) is 6.10 Å². The molecule has 24 heavy (non-hydrogen) atoms. The summed E-state index contributed by atoms with van der Waals surface area (Å²) in [5.74, 6) is -0.535. The Balaban J connectivity index is 1.53. The lowest BCUT2D eigenvalue weighted by atomic mass is 9.83. The number of aliphatic hydroxyl groups is 5. The highest BCUT2D eigenvalue weighted by molar-refractivity contribution is 5.26. The molecule has 3 fully saturated rings. The summed E-state index contributed by atoms with van der Waals surface area (Å²) in [6, 6.07) is 0. The molecule has 0 aromatic heterocycles. The first-order valence-electron chi connectivity index (χ1n) is 7.99. The van der Waals surface area contributed by atoms with Crippen molar-refractivity contribution in [2.75, 3.05) is 6.61 Å². The average molecular weight is 346 g/mol. The predicted octanol–water partition coefficient (Wildman–Crippen LogP) is -2.42.